The first-order chi connectivity index (χ1) is 19.1. The average Bonchev–Trinajstić information content (AvgIpc) is 2.87. The van der Waals surface area contributed by atoms with Crippen molar-refractivity contribution in [2.45, 2.75) is 30.6 Å². The molecule has 224 valence electrons. The number of rotatable bonds is 8. The van der Waals surface area contributed by atoms with Gasteiger partial charge in [0.1, 0.15) is 22.8 Å². The summed E-state index contributed by atoms with van der Waals surface area (Å²) in [6, 6.07) is 2.96. The molecule has 0 aromatic heterocycles. The fraction of sp³-hybridized carbons (Fsp3) is 0.500. The van der Waals surface area contributed by atoms with Gasteiger partial charge in [0.05, 0.1) is 35.9 Å². The number of phenolic OH excluding ortho intramolecular Hbond substituents is 1. The Morgan fingerprint density at radius 2 is 1.78 bits per heavy atom. The molecule has 1 aromatic carbocycles. The first-order valence-corrected chi connectivity index (χ1v) is 12.7. The van der Waals surface area contributed by atoms with Crippen LogP contribution in [0.4, 0.5) is 0 Å². The van der Waals surface area contributed by atoms with Gasteiger partial charge in [-0.2, -0.15) is 0 Å². The predicted octanol–water partition coefficient (Wildman–Crippen LogP) is -0.682. The summed E-state index contributed by atoms with van der Waals surface area (Å²) in [6.45, 7) is 1.14. The van der Waals surface area contributed by atoms with Gasteiger partial charge in [-0.05, 0) is 46.1 Å². The minimum absolute atomic E-state index is 0.105. The van der Waals surface area contributed by atoms with Crippen LogP contribution in [0.3, 0.4) is 0 Å². The van der Waals surface area contributed by atoms with Crippen LogP contribution in [-0.2, 0) is 20.0 Å². The van der Waals surface area contributed by atoms with Gasteiger partial charge >= 0.3 is 0 Å². The lowest BCUT2D eigenvalue weighted by atomic mass is 9.55. The number of nitrogens with one attached hydrogen (secondary N) is 1. The highest BCUT2D eigenvalue weighted by Crippen LogP contribution is 2.56. The predicted molar refractivity (Wildman–Crippen MR) is 137 cm³/mol. The largest absolute Gasteiger partial charge is 0.510 e. The second-order valence-corrected chi connectivity index (χ2v) is 10.9. The van der Waals surface area contributed by atoms with Crippen LogP contribution in [-0.4, -0.2) is 121 Å². The van der Waals surface area contributed by atoms with Crippen LogP contribution in [0.2, 0.25) is 0 Å². The van der Waals surface area contributed by atoms with Gasteiger partial charge in [0.25, 0.3) is 5.91 Å². The van der Waals surface area contributed by atoms with Gasteiger partial charge in [-0.15, -0.1) is 0 Å². The molecule has 0 heterocycles. The van der Waals surface area contributed by atoms with Gasteiger partial charge < -0.3 is 30.8 Å². The molecule has 0 bridgehead atoms. The summed E-state index contributed by atoms with van der Waals surface area (Å²) in [4.78, 5) is 47.9. The zero-order chi connectivity index (χ0) is 30.6. The minimum atomic E-state index is -2.82. The summed E-state index contributed by atoms with van der Waals surface area (Å²) in [5.41, 5.74) is -6.10. The van der Waals surface area contributed by atoms with Crippen LogP contribution in [0.25, 0.3) is 0 Å². The van der Waals surface area contributed by atoms with Crippen LogP contribution in [0.15, 0.2) is 40.9 Å². The lowest BCUT2D eigenvalue weighted by Crippen LogP contribution is -2.65. The molecule has 3 aliphatic rings. The molecule has 0 saturated carbocycles. The van der Waals surface area contributed by atoms with E-state index in [9.17, 15) is 39.9 Å². The molecule has 1 amide bonds. The fourth-order valence-corrected chi connectivity index (χ4v) is 6.14. The Bertz CT molecular complexity index is 1340. The zero-order valence-electron chi connectivity index (χ0n) is 22.9. The number of Topliss-reactive ketones (excluding diaryl/α,β-unsaturated/α-hetero) is 2. The van der Waals surface area contributed by atoms with Gasteiger partial charge in [-0.25, -0.2) is 4.84 Å². The first-order valence-electron chi connectivity index (χ1n) is 12.7. The van der Waals surface area contributed by atoms with Gasteiger partial charge in [-0.1, -0.05) is 12.1 Å². The molecule has 8 N–H and O–H groups in total. The molecule has 5 atom stereocenters. The Morgan fingerprint density at radius 1 is 1.12 bits per heavy atom. The number of aliphatic hydroxyl groups excluding tert-OH is 2. The summed E-state index contributed by atoms with van der Waals surface area (Å²) < 4.78 is 0. The number of nitrogens with zero attached hydrogens (tertiary/aromatic N) is 3. The van der Waals surface area contributed by atoms with Crippen molar-refractivity contribution in [2.24, 2.45) is 11.8 Å². The Labute approximate surface area is 234 Å². The Kier molecular flexibility index (Phi) is 8.03. The number of amides is 1. The summed E-state index contributed by atoms with van der Waals surface area (Å²) in [5, 5.41) is 75.8. The topological polar surface area (TPSA) is 224 Å². The van der Waals surface area contributed by atoms with Crippen molar-refractivity contribution in [1.82, 2.24) is 20.5 Å². The van der Waals surface area contributed by atoms with Crippen molar-refractivity contribution in [3.63, 3.8) is 0 Å². The molecule has 41 heavy (non-hydrogen) atoms. The van der Waals surface area contributed by atoms with Gasteiger partial charge in [0.2, 0.25) is 5.78 Å². The van der Waals surface area contributed by atoms with Crippen molar-refractivity contribution >= 4 is 17.5 Å². The van der Waals surface area contributed by atoms with E-state index in [0.717, 1.165) is 0 Å². The summed E-state index contributed by atoms with van der Waals surface area (Å²) in [7, 11) is 4.59. The monoisotopic (exact) mass is 578 g/mol. The molecule has 0 radical (unpaired) electrons. The third-order valence-corrected chi connectivity index (χ3v) is 8.19. The number of phenols is 1. The maximum Gasteiger partial charge on any atom is 0.259 e. The van der Waals surface area contributed by atoms with Crippen molar-refractivity contribution in [3.05, 3.63) is 52.0 Å². The number of benzene rings is 1. The molecular weight excluding hydrogens is 544 g/mol. The maximum atomic E-state index is 13.8. The molecule has 0 saturated heterocycles. The zero-order valence-corrected chi connectivity index (χ0v) is 22.9. The van der Waals surface area contributed by atoms with Crippen LogP contribution < -0.4 is 5.32 Å². The lowest BCUT2D eigenvalue weighted by Gasteiger charge is -2.52. The number of hydrogen-bond acceptors (Lipinski definition) is 14. The highest BCUT2D eigenvalue weighted by atomic mass is 17.1. The van der Waals surface area contributed by atoms with Gasteiger partial charge in [-0.3, -0.25) is 34.6 Å². The van der Waals surface area contributed by atoms with E-state index < -0.39 is 80.4 Å². The second-order valence-electron chi connectivity index (χ2n) is 10.9. The molecule has 3 aliphatic carbocycles. The van der Waals surface area contributed by atoms with E-state index in [1.165, 1.54) is 56.1 Å². The van der Waals surface area contributed by atoms with E-state index in [1.807, 2.05) is 0 Å². The van der Waals surface area contributed by atoms with Crippen LogP contribution in [0.5, 0.6) is 5.75 Å². The standard InChI is InChI=1S/C26H34N4O11/c1-25(37)12-6-5-7-15(31)16(12)20(32)17-13(25)10-14-19(28(2)3)21(33)18(23(35)26(14,38)22(17)34)24(36)27-11-29(4)8-9-41-30(39)40/h5-7,13-14,19,31,33-34,37-40H,8-11H2,1-4H3,(H,27,36)/t13-,14-,19-,25?,26-/m0/s1. The lowest BCUT2D eigenvalue weighted by molar-refractivity contribution is -0.492. The minimum Gasteiger partial charge on any atom is -0.510 e. The van der Waals surface area contributed by atoms with E-state index in [-0.39, 0.29) is 37.4 Å². The number of ketones is 2. The van der Waals surface area contributed by atoms with Crippen molar-refractivity contribution in [3.8, 4) is 5.75 Å². The number of carbonyl (C=O) groups excluding carboxylic acids is 3. The number of fused-ring (bicyclic) bond motifs is 3. The molecule has 15 heteroatoms. The third kappa shape index (κ3) is 4.79. The van der Waals surface area contributed by atoms with Crippen LogP contribution in [0, 0.1) is 11.8 Å². The highest BCUT2D eigenvalue weighted by Gasteiger charge is 2.65. The Hall–Kier alpha value is -3.41. The van der Waals surface area contributed by atoms with Crippen LogP contribution >= 0.6 is 0 Å². The van der Waals surface area contributed by atoms with Crippen molar-refractivity contribution in [2.75, 3.05) is 41.0 Å². The number of hydrogen-bond donors (Lipinski definition) is 8. The molecule has 4 rings (SSSR count). The maximum absolute atomic E-state index is 13.8. The smallest absolute Gasteiger partial charge is 0.259 e. The van der Waals surface area contributed by atoms with E-state index in [2.05, 4.69) is 10.2 Å². The van der Waals surface area contributed by atoms with Gasteiger partial charge in [0, 0.05) is 24.0 Å². The second kappa shape index (κ2) is 10.8. The number of aromatic hydroxyl groups is 1. The quantitative estimate of drug-likeness (QED) is 0.109. The number of carbonyl (C=O) groups is 3. The molecule has 1 unspecified atom stereocenters. The Balaban J connectivity index is 1.76. The molecule has 15 nitrogen and oxygen atoms in total. The molecule has 0 spiro atoms. The first kappa shape index (κ1) is 30.5. The van der Waals surface area contributed by atoms with Crippen LogP contribution in [0.1, 0.15) is 29.3 Å². The number of likely N-dealkylation sites (N-methyl/N-ethyl adjacent to an activating group) is 2. The molecular formula is C26H34N4O11. The van der Waals surface area contributed by atoms with E-state index in [0.29, 0.717) is 0 Å². The van der Waals surface area contributed by atoms with Gasteiger partial charge in [0.15, 0.2) is 11.4 Å². The van der Waals surface area contributed by atoms with E-state index >= 15 is 0 Å². The molecule has 0 fully saturated rings. The molecule has 1 aromatic rings. The van der Waals surface area contributed by atoms with Crippen molar-refractivity contribution < 1.29 is 55.2 Å². The SMILES string of the molecule is CN(CCON(O)O)CNC(=O)C1=C(O)[C@@H](N(C)C)[C@@H]2C[C@H]3C(=C(O)[C@]2(O)C1=O)C(=O)c1c(O)cccc1C3(C)O. The normalized spacial score (nSPS) is 29.7. The summed E-state index contributed by atoms with van der Waals surface area (Å²) >= 11 is 0. The number of aliphatic hydroxyl groups is 4. The highest BCUT2D eigenvalue weighted by molar-refractivity contribution is 6.25. The third-order valence-electron chi connectivity index (χ3n) is 8.19. The summed E-state index contributed by atoms with van der Waals surface area (Å²) in [6.07, 6.45) is -0.243. The summed E-state index contributed by atoms with van der Waals surface area (Å²) in [5.74, 6) is -7.88. The van der Waals surface area contributed by atoms with Crippen molar-refractivity contribution in [1.29, 1.82) is 0 Å². The molecule has 0 aliphatic heterocycles. The average molecular weight is 579 g/mol. The Morgan fingerprint density at radius 3 is 2.39 bits per heavy atom. The fourth-order valence-electron chi connectivity index (χ4n) is 6.14. The van der Waals surface area contributed by atoms with E-state index in [1.54, 1.807) is 0 Å². The van der Waals surface area contributed by atoms with E-state index in [4.69, 9.17) is 10.4 Å².